The Morgan fingerprint density at radius 3 is 2.35 bits per heavy atom. The molecule has 0 radical (unpaired) electrons. The van der Waals surface area contributed by atoms with Crippen LogP contribution in [-0.2, 0) is 4.79 Å². The third-order valence-corrected chi connectivity index (χ3v) is 6.07. The Bertz CT molecular complexity index is 1020. The number of nitrogens with zero attached hydrogens (tertiary/aromatic N) is 2. The van der Waals surface area contributed by atoms with Crippen molar-refractivity contribution >= 4 is 40.6 Å². The number of anilines is 2. The van der Waals surface area contributed by atoms with E-state index in [2.05, 4.69) is 23.5 Å². The SMILES string of the molecule is CCC[C@H](C(=O)NCCC(C)C)N(C(=O)c1snc(C(N)=O)c1N)c1ccc(OC)c(OC)c1. The maximum atomic E-state index is 13.8. The molecular weight excluding hydrogens is 458 g/mol. The number of hydrogen-bond donors (Lipinski definition) is 3. The van der Waals surface area contributed by atoms with Gasteiger partial charge in [0.2, 0.25) is 5.91 Å². The van der Waals surface area contributed by atoms with Gasteiger partial charge < -0.3 is 26.3 Å². The molecule has 0 fully saturated rings. The molecule has 11 heteroatoms. The maximum Gasteiger partial charge on any atom is 0.272 e. The highest BCUT2D eigenvalue weighted by Gasteiger charge is 2.34. The second-order valence-corrected chi connectivity index (χ2v) is 8.90. The molecule has 2 aromatic rings. The summed E-state index contributed by atoms with van der Waals surface area (Å²) in [5, 5.41) is 2.94. The van der Waals surface area contributed by atoms with Crippen molar-refractivity contribution in [3.8, 4) is 11.5 Å². The standard InChI is InChI=1S/C23H33N5O5S/c1-6-7-15(22(30)26-11-10-13(2)3)28(14-8-9-16(32-4)17(12-14)33-5)23(31)20-18(24)19(21(25)29)27-34-20/h8-9,12-13,15H,6-7,10-11,24H2,1-5H3,(H2,25,29)(H,26,30)/t15-/m1/s1. The molecule has 1 aromatic carbocycles. The Morgan fingerprint density at radius 1 is 1.15 bits per heavy atom. The fourth-order valence-corrected chi connectivity index (χ4v) is 4.15. The first-order valence-corrected chi connectivity index (χ1v) is 11.8. The monoisotopic (exact) mass is 491 g/mol. The molecule has 1 atom stereocenters. The lowest BCUT2D eigenvalue weighted by Gasteiger charge is -2.31. The molecule has 3 amide bonds. The number of benzene rings is 1. The Morgan fingerprint density at radius 2 is 1.82 bits per heavy atom. The number of aromatic nitrogens is 1. The summed E-state index contributed by atoms with van der Waals surface area (Å²) >= 11 is 0.768. The molecule has 1 aromatic heterocycles. The van der Waals surface area contributed by atoms with Gasteiger partial charge in [-0.3, -0.25) is 19.3 Å². The molecule has 0 aliphatic heterocycles. The highest BCUT2D eigenvalue weighted by Crippen LogP contribution is 2.35. The van der Waals surface area contributed by atoms with Crippen LogP contribution in [-0.4, -0.2) is 48.9 Å². The van der Waals surface area contributed by atoms with E-state index in [0.29, 0.717) is 42.5 Å². The van der Waals surface area contributed by atoms with E-state index in [9.17, 15) is 14.4 Å². The fraction of sp³-hybridized carbons (Fsp3) is 0.478. The average molecular weight is 492 g/mol. The maximum absolute atomic E-state index is 13.8. The van der Waals surface area contributed by atoms with Crippen molar-refractivity contribution in [1.29, 1.82) is 0 Å². The molecule has 1 heterocycles. The lowest BCUT2D eigenvalue weighted by atomic mass is 10.1. The first-order chi connectivity index (χ1) is 16.2. The number of nitrogens with one attached hydrogen (secondary N) is 1. The summed E-state index contributed by atoms with van der Waals surface area (Å²) < 4.78 is 14.7. The van der Waals surface area contributed by atoms with Crippen LogP contribution in [0.1, 0.15) is 60.2 Å². The number of primary amides is 1. The molecular formula is C23H33N5O5S. The summed E-state index contributed by atoms with van der Waals surface area (Å²) in [6.45, 7) is 6.55. The normalized spacial score (nSPS) is 11.7. The van der Waals surface area contributed by atoms with Gasteiger partial charge in [-0.05, 0) is 42.4 Å². The zero-order valence-electron chi connectivity index (χ0n) is 20.2. The summed E-state index contributed by atoms with van der Waals surface area (Å²) in [7, 11) is 2.99. The number of nitrogen functional groups attached to an aromatic ring is 1. The lowest BCUT2D eigenvalue weighted by molar-refractivity contribution is -0.122. The second-order valence-electron chi connectivity index (χ2n) is 8.13. The number of hydrogen-bond acceptors (Lipinski definition) is 8. The van der Waals surface area contributed by atoms with Gasteiger partial charge in [0.15, 0.2) is 17.2 Å². The largest absolute Gasteiger partial charge is 0.493 e. The summed E-state index contributed by atoms with van der Waals surface area (Å²) in [5.74, 6) is -0.403. The van der Waals surface area contributed by atoms with E-state index in [0.717, 1.165) is 18.0 Å². The molecule has 5 N–H and O–H groups in total. The minimum Gasteiger partial charge on any atom is -0.493 e. The van der Waals surface area contributed by atoms with Crippen LogP contribution in [0.2, 0.25) is 0 Å². The van der Waals surface area contributed by atoms with Gasteiger partial charge in [0, 0.05) is 18.3 Å². The third kappa shape index (κ3) is 6.16. The lowest BCUT2D eigenvalue weighted by Crippen LogP contribution is -2.50. The number of nitrogens with two attached hydrogens (primary N) is 2. The molecule has 2 rings (SSSR count). The minimum atomic E-state index is -0.832. The second kappa shape index (κ2) is 12.2. The molecule has 0 saturated carbocycles. The molecule has 186 valence electrons. The van der Waals surface area contributed by atoms with Gasteiger partial charge >= 0.3 is 0 Å². The van der Waals surface area contributed by atoms with Crippen molar-refractivity contribution in [3.63, 3.8) is 0 Å². The molecule has 0 unspecified atom stereocenters. The zero-order valence-corrected chi connectivity index (χ0v) is 21.0. The van der Waals surface area contributed by atoms with Crippen molar-refractivity contribution in [3.05, 3.63) is 28.8 Å². The van der Waals surface area contributed by atoms with Crippen LogP contribution < -0.4 is 31.2 Å². The number of ether oxygens (including phenoxy) is 2. The Hall–Kier alpha value is -3.34. The van der Waals surface area contributed by atoms with E-state index in [1.807, 2.05) is 6.92 Å². The summed E-state index contributed by atoms with van der Waals surface area (Å²) in [6, 6.07) is 4.10. The molecule has 0 bridgehead atoms. The predicted octanol–water partition coefficient (Wildman–Crippen LogP) is 2.82. The third-order valence-electron chi connectivity index (χ3n) is 5.22. The van der Waals surface area contributed by atoms with Crippen molar-refractivity contribution in [2.24, 2.45) is 11.7 Å². The summed E-state index contributed by atoms with van der Waals surface area (Å²) in [5.41, 5.74) is 11.5. The van der Waals surface area contributed by atoms with Crippen LogP contribution in [0, 0.1) is 5.92 Å². The number of carbonyl (C=O) groups excluding carboxylic acids is 3. The first kappa shape index (κ1) is 26.9. The van der Waals surface area contributed by atoms with Gasteiger partial charge in [-0.25, -0.2) is 0 Å². The molecule has 0 aliphatic rings. The molecule has 10 nitrogen and oxygen atoms in total. The van der Waals surface area contributed by atoms with Crippen LogP contribution in [0.15, 0.2) is 18.2 Å². The van der Waals surface area contributed by atoms with Crippen LogP contribution in [0.5, 0.6) is 11.5 Å². The molecule has 0 spiro atoms. The van der Waals surface area contributed by atoms with Crippen molar-refractivity contribution in [2.45, 2.75) is 46.1 Å². The highest BCUT2D eigenvalue weighted by molar-refractivity contribution is 7.09. The van der Waals surface area contributed by atoms with E-state index < -0.39 is 17.9 Å². The number of methoxy groups -OCH3 is 2. The van der Waals surface area contributed by atoms with Gasteiger partial charge in [0.1, 0.15) is 10.9 Å². The average Bonchev–Trinajstić information content (AvgIpc) is 3.19. The minimum absolute atomic E-state index is 0.0275. The van der Waals surface area contributed by atoms with Crippen molar-refractivity contribution < 1.29 is 23.9 Å². The summed E-state index contributed by atoms with van der Waals surface area (Å²) in [4.78, 5) is 40.1. The van der Waals surface area contributed by atoms with Crippen LogP contribution in [0.3, 0.4) is 0 Å². The topological polar surface area (TPSA) is 150 Å². The van der Waals surface area contributed by atoms with E-state index >= 15 is 0 Å². The fourth-order valence-electron chi connectivity index (χ4n) is 3.40. The molecule has 34 heavy (non-hydrogen) atoms. The van der Waals surface area contributed by atoms with Crippen molar-refractivity contribution in [2.75, 3.05) is 31.4 Å². The van der Waals surface area contributed by atoms with E-state index in [1.165, 1.54) is 19.1 Å². The summed E-state index contributed by atoms with van der Waals surface area (Å²) in [6.07, 6.45) is 1.84. The smallest absolute Gasteiger partial charge is 0.272 e. The quantitative estimate of drug-likeness (QED) is 0.413. The number of carbonyl (C=O) groups is 3. The van der Waals surface area contributed by atoms with E-state index in [-0.39, 0.29) is 22.2 Å². The van der Waals surface area contributed by atoms with Crippen LogP contribution >= 0.6 is 11.5 Å². The number of rotatable bonds is 12. The predicted molar refractivity (Wildman–Crippen MR) is 133 cm³/mol. The number of amides is 3. The van der Waals surface area contributed by atoms with Gasteiger partial charge in [0.05, 0.1) is 19.9 Å². The van der Waals surface area contributed by atoms with E-state index in [1.54, 1.807) is 18.2 Å². The van der Waals surface area contributed by atoms with Gasteiger partial charge in [-0.15, -0.1) is 0 Å². The van der Waals surface area contributed by atoms with Gasteiger partial charge in [-0.1, -0.05) is 27.2 Å². The van der Waals surface area contributed by atoms with Crippen molar-refractivity contribution in [1.82, 2.24) is 9.69 Å². The molecule has 0 aliphatic carbocycles. The zero-order chi connectivity index (χ0) is 25.4. The Kier molecular flexibility index (Phi) is 9.67. The van der Waals surface area contributed by atoms with Gasteiger partial charge in [-0.2, -0.15) is 4.37 Å². The van der Waals surface area contributed by atoms with E-state index in [4.69, 9.17) is 20.9 Å². The molecule has 0 saturated heterocycles. The Balaban J connectivity index is 2.58. The first-order valence-electron chi connectivity index (χ1n) is 11.0. The highest BCUT2D eigenvalue weighted by atomic mass is 32.1. The Labute approximate surface area is 203 Å². The van der Waals surface area contributed by atoms with Crippen LogP contribution in [0.4, 0.5) is 11.4 Å². The van der Waals surface area contributed by atoms with Gasteiger partial charge in [0.25, 0.3) is 11.8 Å². The van der Waals surface area contributed by atoms with Crippen LogP contribution in [0.25, 0.3) is 0 Å².